The van der Waals surface area contributed by atoms with Crippen LogP contribution in [0.4, 0.5) is 0 Å². The van der Waals surface area contributed by atoms with Gasteiger partial charge in [0.05, 0.1) is 25.3 Å². The van der Waals surface area contributed by atoms with Crippen LogP contribution in [0.2, 0.25) is 0 Å². The van der Waals surface area contributed by atoms with Gasteiger partial charge in [0.1, 0.15) is 12.4 Å². The maximum atomic E-state index is 5.95. The SMILES string of the molecule is CNC1c2ccccc2OCC1N1CCOCC1C. The first kappa shape index (κ1) is 12.9. The lowest BCUT2D eigenvalue weighted by Crippen LogP contribution is -2.56. The Morgan fingerprint density at radius 3 is 2.89 bits per heavy atom. The Balaban J connectivity index is 1.87. The van der Waals surface area contributed by atoms with Crippen LogP contribution in [0.1, 0.15) is 18.5 Å². The molecule has 0 saturated carbocycles. The molecule has 0 aliphatic carbocycles. The van der Waals surface area contributed by atoms with Crippen molar-refractivity contribution in [2.75, 3.05) is 33.4 Å². The summed E-state index contributed by atoms with van der Waals surface area (Å²) in [7, 11) is 2.03. The predicted molar refractivity (Wildman–Crippen MR) is 74.5 cm³/mol. The Morgan fingerprint density at radius 1 is 1.26 bits per heavy atom. The average Bonchev–Trinajstić information content (AvgIpc) is 2.46. The molecule has 1 fully saturated rings. The zero-order valence-electron chi connectivity index (χ0n) is 11.6. The molecule has 3 rings (SSSR count). The molecule has 2 aliphatic rings. The van der Waals surface area contributed by atoms with Crippen LogP contribution >= 0.6 is 0 Å². The van der Waals surface area contributed by atoms with Gasteiger partial charge in [-0.3, -0.25) is 4.90 Å². The molecule has 3 unspecified atom stereocenters. The highest BCUT2D eigenvalue weighted by atomic mass is 16.5. The van der Waals surface area contributed by atoms with Gasteiger partial charge >= 0.3 is 0 Å². The Morgan fingerprint density at radius 2 is 2.11 bits per heavy atom. The molecule has 2 aliphatic heterocycles. The second-order valence-electron chi connectivity index (χ2n) is 5.34. The molecule has 19 heavy (non-hydrogen) atoms. The van der Waals surface area contributed by atoms with Crippen LogP contribution in [-0.2, 0) is 4.74 Å². The van der Waals surface area contributed by atoms with Crippen molar-refractivity contribution >= 4 is 0 Å². The molecule has 0 bridgehead atoms. The number of nitrogens with zero attached hydrogens (tertiary/aromatic N) is 1. The van der Waals surface area contributed by atoms with Gasteiger partial charge in [0.2, 0.25) is 0 Å². The van der Waals surface area contributed by atoms with Crippen LogP contribution in [0.15, 0.2) is 24.3 Å². The van der Waals surface area contributed by atoms with E-state index < -0.39 is 0 Å². The van der Waals surface area contributed by atoms with Gasteiger partial charge in [0, 0.05) is 18.2 Å². The number of nitrogens with one attached hydrogen (secondary N) is 1. The van der Waals surface area contributed by atoms with Crippen molar-refractivity contribution in [3.05, 3.63) is 29.8 Å². The Kier molecular flexibility index (Phi) is 3.73. The summed E-state index contributed by atoms with van der Waals surface area (Å²) in [5.74, 6) is 1.01. The van der Waals surface area contributed by atoms with E-state index in [0.717, 1.165) is 32.1 Å². The summed E-state index contributed by atoms with van der Waals surface area (Å²) < 4.78 is 11.5. The minimum Gasteiger partial charge on any atom is -0.492 e. The first-order valence-corrected chi connectivity index (χ1v) is 7.03. The summed E-state index contributed by atoms with van der Waals surface area (Å²) in [6.45, 7) is 5.59. The maximum Gasteiger partial charge on any atom is 0.124 e. The lowest BCUT2D eigenvalue weighted by molar-refractivity contribution is -0.0436. The topological polar surface area (TPSA) is 33.7 Å². The molecule has 0 spiro atoms. The van der Waals surface area contributed by atoms with Crippen molar-refractivity contribution in [1.82, 2.24) is 10.2 Å². The Bertz CT molecular complexity index is 438. The van der Waals surface area contributed by atoms with Gasteiger partial charge in [-0.05, 0) is 20.0 Å². The van der Waals surface area contributed by atoms with Gasteiger partial charge in [-0.15, -0.1) is 0 Å². The normalized spacial score (nSPS) is 31.6. The summed E-state index contributed by atoms with van der Waals surface area (Å²) in [6, 6.07) is 9.47. The highest BCUT2D eigenvalue weighted by molar-refractivity contribution is 5.38. The smallest absolute Gasteiger partial charge is 0.124 e. The molecule has 0 aromatic heterocycles. The van der Waals surface area contributed by atoms with E-state index in [2.05, 4.69) is 35.3 Å². The highest BCUT2D eigenvalue weighted by Gasteiger charge is 2.36. The number of hydrogen-bond acceptors (Lipinski definition) is 4. The minimum absolute atomic E-state index is 0.325. The van der Waals surface area contributed by atoms with Crippen molar-refractivity contribution in [3.8, 4) is 5.75 Å². The summed E-state index contributed by atoms with van der Waals surface area (Å²) in [6.07, 6.45) is 0. The molecule has 1 N–H and O–H groups in total. The van der Waals surface area contributed by atoms with Crippen molar-refractivity contribution in [2.24, 2.45) is 0 Å². The largest absolute Gasteiger partial charge is 0.492 e. The van der Waals surface area contributed by atoms with E-state index >= 15 is 0 Å². The van der Waals surface area contributed by atoms with Crippen LogP contribution in [0.5, 0.6) is 5.75 Å². The van der Waals surface area contributed by atoms with E-state index in [1.807, 2.05) is 13.1 Å². The van der Waals surface area contributed by atoms with Gasteiger partial charge in [-0.1, -0.05) is 18.2 Å². The number of para-hydroxylation sites is 1. The third-order valence-corrected chi connectivity index (χ3v) is 4.20. The Labute approximate surface area is 114 Å². The van der Waals surface area contributed by atoms with Crippen LogP contribution < -0.4 is 10.1 Å². The van der Waals surface area contributed by atoms with Gasteiger partial charge in [0.15, 0.2) is 0 Å². The fourth-order valence-corrected chi connectivity index (χ4v) is 3.22. The fourth-order valence-electron chi connectivity index (χ4n) is 3.22. The number of hydrogen-bond donors (Lipinski definition) is 1. The van der Waals surface area contributed by atoms with Crippen molar-refractivity contribution in [3.63, 3.8) is 0 Å². The van der Waals surface area contributed by atoms with Crippen molar-refractivity contribution < 1.29 is 9.47 Å². The molecule has 0 radical (unpaired) electrons. The molecular formula is C15H22N2O2. The second-order valence-corrected chi connectivity index (χ2v) is 5.34. The first-order valence-electron chi connectivity index (χ1n) is 7.03. The zero-order chi connectivity index (χ0) is 13.2. The minimum atomic E-state index is 0.325. The molecule has 4 heteroatoms. The van der Waals surface area contributed by atoms with E-state index in [-0.39, 0.29) is 0 Å². The lowest BCUT2D eigenvalue weighted by atomic mass is 9.94. The van der Waals surface area contributed by atoms with Crippen LogP contribution in [0.3, 0.4) is 0 Å². The number of fused-ring (bicyclic) bond motifs is 1. The molecule has 1 aromatic carbocycles. The number of benzene rings is 1. The number of rotatable bonds is 2. The third-order valence-electron chi connectivity index (χ3n) is 4.20. The van der Waals surface area contributed by atoms with Crippen LogP contribution in [-0.4, -0.2) is 50.4 Å². The lowest BCUT2D eigenvalue weighted by Gasteiger charge is -2.45. The van der Waals surface area contributed by atoms with Crippen LogP contribution in [0.25, 0.3) is 0 Å². The van der Waals surface area contributed by atoms with Gasteiger partial charge in [0.25, 0.3) is 0 Å². The third kappa shape index (κ3) is 2.36. The molecule has 104 valence electrons. The fraction of sp³-hybridized carbons (Fsp3) is 0.600. The van der Waals surface area contributed by atoms with E-state index in [9.17, 15) is 0 Å². The summed E-state index contributed by atoms with van der Waals surface area (Å²) in [5, 5.41) is 3.47. The Hall–Kier alpha value is -1.10. The van der Waals surface area contributed by atoms with E-state index in [0.29, 0.717) is 18.1 Å². The standard InChI is InChI=1S/C15H22N2O2/c1-11-9-18-8-7-17(11)13-10-19-14-6-4-3-5-12(14)15(13)16-2/h3-6,11,13,15-16H,7-10H2,1-2H3. The average molecular weight is 262 g/mol. The van der Waals surface area contributed by atoms with E-state index in [1.165, 1.54) is 5.56 Å². The van der Waals surface area contributed by atoms with Gasteiger partial charge in [-0.25, -0.2) is 0 Å². The van der Waals surface area contributed by atoms with Gasteiger partial charge in [-0.2, -0.15) is 0 Å². The number of likely N-dealkylation sites (N-methyl/N-ethyl adjacent to an activating group) is 1. The highest BCUT2D eigenvalue weighted by Crippen LogP contribution is 2.34. The van der Waals surface area contributed by atoms with Crippen molar-refractivity contribution in [2.45, 2.75) is 25.0 Å². The zero-order valence-corrected chi connectivity index (χ0v) is 11.6. The molecule has 1 saturated heterocycles. The monoisotopic (exact) mass is 262 g/mol. The summed E-state index contributed by atoms with van der Waals surface area (Å²) in [4.78, 5) is 2.51. The quantitative estimate of drug-likeness (QED) is 0.874. The maximum absolute atomic E-state index is 5.95. The molecular weight excluding hydrogens is 240 g/mol. The molecule has 3 atom stereocenters. The molecule has 1 aromatic rings. The van der Waals surface area contributed by atoms with E-state index in [1.54, 1.807) is 0 Å². The predicted octanol–water partition coefficient (Wildman–Crippen LogP) is 1.43. The van der Waals surface area contributed by atoms with E-state index in [4.69, 9.17) is 9.47 Å². The van der Waals surface area contributed by atoms with Crippen molar-refractivity contribution in [1.29, 1.82) is 0 Å². The molecule has 4 nitrogen and oxygen atoms in total. The number of ether oxygens (including phenoxy) is 2. The molecule has 2 heterocycles. The second kappa shape index (κ2) is 5.49. The van der Waals surface area contributed by atoms with Gasteiger partial charge < -0.3 is 14.8 Å². The summed E-state index contributed by atoms with van der Waals surface area (Å²) >= 11 is 0. The first-order chi connectivity index (χ1) is 9.31. The number of morpholine rings is 1. The molecule has 0 amide bonds. The summed E-state index contributed by atoms with van der Waals surface area (Å²) in [5.41, 5.74) is 1.26. The van der Waals surface area contributed by atoms with Crippen LogP contribution in [0, 0.1) is 0 Å².